The molecule has 0 unspecified atom stereocenters. The van der Waals surface area contributed by atoms with Crippen LogP contribution in [0.2, 0.25) is 5.02 Å². The molecule has 122 valence electrons. The Bertz CT molecular complexity index is 575. The summed E-state index contributed by atoms with van der Waals surface area (Å²) in [5, 5.41) is 6.22. The fourth-order valence-corrected chi connectivity index (χ4v) is 2.48. The molecule has 1 aromatic heterocycles. The number of nitrogens with zero attached hydrogens (tertiary/aromatic N) is 3. The predicted molar refractivity (Wildman–Crippen MR) is 84.5 cm³/mol. The number of ether oxygens (including phenoxy) is 1. The van der Waals surface area contributed by atoms with Crippen molar-refractivity contribution in [1.29, 1.82) is 0 Å². The maximum absolute atomic E-state index is 12.0. The van der Waals surface area contributed by atoms with Gasteiger partial charge in [-0.15, -0.1) is 0 Å². The number of hydrogen-bond acceptors (Lipinski definition) is 5. The highest BCUT2D eigenvalue weighted by Gasteiger charge is 2.22. The van der Waals surface area contributed by atoms with Crippen molar-refractivity contribution >= 4 is 23.4 Å². The van der Waals surface area contributed by atoms with Crippen LogP contribution in [0.4, 0.5) is 10.5 Å². The molecule has 0 aromatic carbocycles. The first kappa shape index (κ1) is 16.6. The minimum Gasteiger partial charge on any atom is -0.449 e. The third kappa shape index (κ3) is 4.13. The topological polar surface area (TPSA) is 78.5 Å². The summed E-state index contributed by atoms with van der Waals surface area (Å²) < 4.78 is 5.26. The first-order valence-electron chi connectivity index (χ1n) is 7.39. The molecule has 2 heterocycles. The second-order valence-corrected chi connectivity index (χ2v) is 6.07. The monoisotopic (exact) mass is 328 g/mol. The molecule has 7 nitrogen and oxygen atoms in total. The van der Waals surface area contributed by atoms with Crippen LogP contribution in [0.5, 0.6) is 0 Å². The normalized spacial score (nSPS) is 15.8. The van der Waals surface area contributed by atoms with Crippen molar-refractivity contribution in [2.24, 2.45) is 5.92 Å². The minimum absolute atomic E-state index is 0.130. The summed E-state index contributed by atoms with van der Waals surface area (Å²) in [4.78, 5) is 27.2. The van der Waals surface area contributed by atoms with Gasteiger partial charge >= 0.3 is 6.09 Å². The Morgan fingerprint density at radius 3 is 2.91 bits per heavy atom. The molecule has 1 amide bonds. The Morgan fingerprint density at radius 2 is 2.18 bits per heavy atom. The molecule has 0 radical (unpaired) electrons. The van der Waals surface area contributed by atoms with Gasteiger partial charge in [0, 0.05) is 26.2 Å². The van der Waals surface area contributed by atoms with E-state index >= 15 is 0 Å². The number of halogens is 1. The van der Waals surface area contributed by atoms with Gasteiger partial charge in [-0.3, -0.25) is 4.79 Å². The number of carbonyl (C=O) groups is 1. The van der Waals surface area contributed by atoms with E-state index in [2.05, 4.69) is 10.2 Å². The molecule has 0 atom stereocenters. The molecule has 0 bridgehead atoms. The second-order valence-electron chi connectivity index (χ2n) is 5.70. The van der Waals surface area contributed by atoms with Gasteiger partial charge in [0.1, 0.15) is 5.02 Å². The number of nitrogens with one attached hydrogen (secondary N) is 1. The van der Waals surface area contributed by atoms with Crippen molar-refractivity contribution < 1.29 is 9.53 Å². The molecule has 8 heteroatoms. The van der Waals surface area contributed by atoms with Crippen LogP contribution in [0.1, 0.15) is 20.3 Å². The molecule has 1 aliphatic heterocycles. The maximum atomic E-state index is 12.0. The predicted octanol–water partition coefficient (Wildman–Crippen LogP) is 1.73. The van der Waals surface area contributed by atoms with Crippen LogP contribution in [0.3, 0.4) is 0 Å². The number of H-pyrrole nitrogens is 1. The smallest absolute Gasteiger partial charge is 0.409 e. The van der Waals surface area contributed by atoms with Crippen LogP contribution < -0.4 is 10.5 Å². The quantitative estimate of drug-likeness (QED) is 0.914. The Hall–Kier alpha value is -1.76. The standard InChI is InChI=1S/C14H21ClN4O3/c1-10(2)9-22-14(21)19-5-3-4-18(6-7-19)11-8-16-17-13(20)12(11)15/h8,10H,3-7,9H2,1-2H3,(H,17,20). The number of hydrogen-bond donors (Lipinski definition) is 1. The highest BCUT2D eigenvalue weighted by molar-refractivity contribution is 6.32. The molecule has 0 aliphatic carbocycles. The summed E-state index contributed by atoms with van der Waals surface area (Å²) in [5.74, 6) is 0.313. The van der Waals surface area contributed by atoms with E-state index in [4.69, 9.17) is 16.3 Å². The van der Waals surface area contributed by atoms with E-state index < -0.39 is 5.56 Å². The van der Waals surface area contributed by atoms with E-state index in [0.717, 1.165) is 6.42 Å². The number of aromatic nitrogens is 2. The minimum atomic E-state index is -0.406. The van der Waals surface area contributed by atoms with Gasteiger partial charge in [0.25, 0.3) is 5.56 Å². The average Bonchev–Trinajstić information content (AvgIpc) is 2.73. The summed E-state index contributed by atoms with van der Waals surface area (Å²) in [6, 6.07) is 0. The van der Waals surface area contributed by atoms with Crippen LogP contribution >= 0.6 is 11.6 Å². The summed E-state index contributed by atoms with van der Waals surface area (Å²) in [6.45, 7) is 6.86. The number of amides is 1. The lowest BCUT2D eigenvalue weighted by molar-refractivity contribution is 0.0943. The van der Waals surface area contributed by atoms with Gasteiger partial charge < -0.3 is 14.5 Å². The molecule has 0 spiro atoms. The Balaban J connectivity index is 1.99. The lowest BCUT2D eigenvalue weighted by Crippen LogP contribution is -2.36. The zero-order chi connectivity index (χ0) is 16.1. The molecule has 1 aromatic rings. The van der Waals surface area contributed by atoms with Crippen molar-refractivity contribution in [3.8, 4) is 0 Å². The summed E-state index contributed by atoms with van der Waals surface area (Å²) in [6.07, 6.45) is 2.03. The van der Waals surface area contributed by atoms with Gasteiger partial charge in [-0.05, 0) is 12.3 Å². The molecule has 1 saturated heterocycles. The highest BCUT2D eigenvalue weighted by Crippen LogP contribution is 2.21. The average molecular weight is 329 g/mol. The van der Waals surface area contributed by atoms with Gasteiger partial charge in [-0.25, -0.2) is 9.89 Å². The third-order valence-electron chi connectivity index (χ3n) is 3.41. The lowest BCUT2D eigenvalue weighted by Gasteiger charge is -2.23. The summed E-state index contributed by atoms with van der Waals surface area (Å²) in [5.41, 5.74) is 0.194. The molecule has 2 rings (SSSR count). The van der Waals surface area contributed by atoms with Gasteiger partial charge in [0.05, 0.1) is 18.5 Å². The van der Waals surface area contributed by atoms with Gasteiger partial charge in [-0.2, -0.15) is 5.10 Å². The van der Waals surface area contributed by atoms with Gasteiger partial charge in [-0.1, -0.05) is 25.4 Å². The van der Waals surface area contributed by atoms with Crippen molar-refractivity contribution in [3.05, 3.63) is 21.6 Å². The van der Waals surface area contributed by atoms with Crippen molar-refractivity contribution in [2.45, 2.75) is 20.3 Å². The Labute approximate surface area is 134 Å². The third-order valence-corrected chi connectivity index (χ3v) is 3.78. The van der Waals surface area contributed by atoms with Gasteiger partial charge in [0.15, 0.2) is 0 Å². The SMILES string of the molecule is CC(C)COC(=O)N1CCCN(c2cn[nH]c(=O)c2Cl)CC1. The van der Waals surface area contributed by atoms with E-state index in [-0.39, 0.29) is 11.1 Å². The molecule has 0 saturated carbocycles. The zero-order valence-corrected chi connectivity index (χ0v) is 13.6. The fraction of sp³-hybridized carbons (Fsp3) is 0.643. The number of anilines is 1. The molecule has 1 fully saturated rings. The Kier molecular flexibility index (Phi) is 5.65. The molecular formula is C14H21ClN4O3. The van der Waals surface area contributed by atoms with Crippen LogP contribution in [-0.4, -0.2) is 54.0 Å². The highest BCUT2D eigenvalue weighted by atomic mass is 35.5. The maximum Gasteiger partial charge on any atom is 0.409 e. The van der Waals surface area contributed by atoms with Crippen LogP contribution in [-0.2, 0) is 4.74 Å². The second kappa shape index (κ2) is 7.49. The van der Waals surface area contributed by atoms with E-state index in [9.17, 15) is 9.59 Å². The van der Waals surface area contributed by atoms with Crippen LogP contribution in [0.25, 0.3) is 0 Å². The number of aromatic amines is 1. The molecule has 1 aliphatic rings. The van der Waals surface area contributed by atoms with Crippen molar-refractivity contribution in [3.63, 3.8) is 0 Å². The van der Waals surface area contributed by atoms with Crippen molar-refractivity contribution in [1.82, 2.24) is 15.1 Å². The van der Waals surface area contributed by atoms with Crippen molar-refractivity contribution in [2.75, 3.05) is 37.7 Å². The zero-order valence-electron chi connectivity index (χ0n) is 12.8. The van der Waals surface area contributed by atoms with Crippen LogP contribution in [0.15, 0.2) is 11.0 Å². The summed E-state index contributed by atoms with van der Waals surface area (Å²) in [7, 11) is 0. The molecule has 22 heavy (non-hydrogen) atoms. The molecule has 1 N–H and O–H groups in total. The van der Waals surface area contributed by atoms with Gasteiger partial charge in [0.2, 0.25) is 0 Å². The van der Waals surface area contributed by atoms with E-state index in [1.54, 1.807) is 4.90 Å². The number of rotatable bonds is 3. The summed E-state index contributed by atoms with van der Waals surface area (Å²) >= 11 is 6.03. The van der Waals surface area contributed by atoms with Crippen LogP contribution in [0, 0.1) is 5.92 Å². The number of carbonyl (C=O) groups excluding carboxylic acids is 1. The lowest BCUT2D eigenvalue weighted by atomic mass is 10.2. The molecular weight excluding hydrogens is 308 g/mol. The van der Waals surface area contributed by atoms with E-state index in [1.165, 1.54) is 6.20 Å². The first-order valence-corrected chi connectivity index (χ1v) is 7.76. The largest absolute Gasteiger partial charge is 0.449 e. The van der Waals surface area contributed by atoms with E-state index in [1.807, 2.05) is 18.7 Å². The first-order chi connectivity index (χ1) is 10.5. The Morgan fingerprint density at radius 1 is 1.41 bits per heavy atom. The fourth-order valence-electron chi connectivity index (χ4n) is 2.26. The van der Waals surface area contributed by atoms with E-state index in [0.29, 0.717) is 44.4 Å².